The van der Waals surface area contributed by atoms with Crippen LogP contribution in [0.25, 0.3) is 17.0 Å². The molecule has 82 valence electrons. The van der Waals surface area contributed by atoms with E-state index in [1.54, 1.807) is 29.2 Å². The number of hydrogen-bond donors (Lipinski definition) is 0. The zero-order valence-electron chi connectivity index (χ0n) is 9.07. The van der Waals surface area contributed by atoms with Crippen molar-refractivity contribution in [2.75, 3.05) is 0 Å². The van der Waals surface area contributed by atoms with Crippen LogP contribution in [0.2, 0.25) is 0 Å². The van der Waals surface area contributed by atoms with E-state index in [1.807, 2.05) is 17.6 Å². The van der Waals surface area contributed by atoms with Gasteiger partial charge >= 0.3 is 0 Å². The topological polar surface area (TPSA) is 71.8 Å². The van der Waals surface area contributed by atoms with Crippen LogP contribution in [0.3, 0.4) is 0 Å². The van der Waals surface area contributed by atoms with Crippen molar-refractivity contribution in [2.45, 2.75) is 0 Å². The molecule has 17 heavy (non-hydrogen) atoms. The van der Waals surface area contributed by atoms with E-state index in [9.17, 15) is 0 Å². The first kappa shape index (κ1) is 9.54. The molecular weight excluding hydrogens is 216 g/mol. The first-order valence-corrected chi connectivity index (χ1v) is 5.02. The number of aromatic nitrogens is 5. The Morgan fingerprint density at radius 1 is 1.35 bits per heavy atom. The third-order valence-electron chi connectivity index (χ3n) is 2.50. The van der Waals surface area contributed by atoms with E-state index in [2.05, 4.69) is 21.4 Å². The third-order valence-corrected chi connectivity index (χ3v) is 2.50. The smallest absolute Gasteiger partial charge is 0.171 e. The second-order valence-corrected chi connectivity index (χ2v) is 3.68. The summed E-state index contributed by atoms with van der Waals surface area (Å²) in [5.41, 5.74) is 2.12. The van der Waals surface area contributed by atoms with Crippen LogP contribution in [-0.4, -0.2) is 24.4 Å². The Balaban J connectivity index is 2.22. The number of aryl methyl sites for hydroxylation is 1. The fraction of sp³-hybridized carbons (Fsp3) is 0.0909. The van der Waals surface area contributed by atoms with E-state index in [-0.39, 0.29) is 0 Å². The molecule has 0 aromatic carbocycles. The molecule has 0 amide bonds. The largest absolute Gasteiger partial charge is 0.282 e. The van der Waals surface area contributed by atoms with Crippen LogP contribution < -0.4 is 0 Å². The number of rotatable bonds is 1. The van der Waals surface area contributed by atoms with Gasteiger partial charge in [0, 0.05) is 25.5 Å². The van der Waals surface area contributed by atoms with Crippen LogP contribution in [0.15, 0.2) is 30.7 Å². The fourth-order valence-electron chi connectivity index (χ4n) is 1.69. The summed E-state index contributed by atoms with van der Waals surface area (Å²) in [4.78, 5) is 0. The van der Waals surface area contributed by atoms with Gasteiger partial charge in [-0.1, -0.05) is 0 Å². The summed E-state index contributed by atoms with van der Waals surface area (Å²) in [5.74, 6) is 0.720. The molecule has 0 unspecified atom stereocenters. The quantitative estimate of drug-likeness (QED) is 0.618. The predicted octanol–water partition coefficient (Wildman–Crippen LogP) is 1.00. The summed E-state index contributed by atoms with van der Waals surface area (Å²) in [6.45, 7) is 0. The highest BCUT2D eigenvalue weighted by Gasteiger charge is 2.09. The maximum atomic E-state index is 8.80. The average molecular weight is 224 g/mol. The highest BCUT2D eigenvalue weighted by atomic mass is 15.3. The predicted molar refractivity (Wildman–Crippen MR) is 59.9 cm³/mol. The zero-order chi connectivity index (χ0) is 11.8. The van der Waals surface area contributed by atoms with Crippen molar-refractivity contribution in [3.05, 3.63) is 36.3 Å². The van der Waals surface area contributed by atoms with E-state index in [1.165, 1.54) is 0 Å². The van der Waals surface area contributed by atoms with Crippen LogP contribution in [-0.2, 0) is 7.05 Å². The lowest BCUT2D eigenvalue weighted by Crippen LogP contribution is -1.89. The average Bonchev–Trinajstić information content (AvgIpc) is 2.93. The van der Waals surface area contributed by atoms with Gasteiger partial charge in [-0.25, -0.2) is 0 Å². The van der Waals surface area contributed by atoms with Crippen molar-refractivity contribution >= 4 is 5.65 Å². The molecule has 6 heteroatoms. The minimum absolute atomic E-state index is 0.572. The molecule has 0 atom stereocenters. The van der Waals surface area contributed by atoms with Gasteiger partial charge in [0.1, 0.15) is 0 Å². The second kappa shape index (κ2) is 3.42. The molecule has 0 saturated carbocycles. The molecule has 0 spiro atoms. The number of fused-ring (bicyclic) bond motifs is 1. The first-order chi connectivity index (χ1) is 8.28. The minimum atomic E-state index is 0.572. The molecule has 0 aliphatic heterocycles. The molecule has 0 fully saturated rings. The van der Waals surface area contributed by atoms with E-state index in [0.717, 1.165) is 11.4 Å². The van der Waals surface area contributed by atoms with Crippen molar-refractivity contribution in [3.63, 3.8) is 0 Å². The highest BCUT2D eigenvalue weighted by Crippen LogP contribution is 2.17. The lowest BCUT2D eigenvalue weighted by Gasteiger charge is -1.96. The van der Waals surface area contributed by atoms with Gasteiger partial charge in [-0.3, -0.25) is 9.08 Å². The van der Waals surface area contributed by atoms with Gasteiger partial charge in [0.2, 0.25) is 0 Å². The molecule has 0 N–H and O–H groups in total. The summed E-state index contributed by atoms with van der Waals surface area (Å²) < 4.78 is 3.54. The van der Waals surface area contributed by atoms with Gasteiger partial charge in [0.05, 0.1) is 23.4 Å². The van der Waals surface area contributed by atoms with Crippen molar-refractivity contribution in [2.24, 2.45) is 7.05 Å². The first-order valence-electron chi connectivity index (χ1n) is 5.02. The zero-order valence-corrected chi connectivity index (χ0v) is 9.07. The van der Waals surface area contributed by atoms with Gasteiger partial charge in [-0.05, 0) is 6.07 Å². The molecule has 3 aromatic heterocycles. The number of nitrogens with zero attached hydrogens (tertiary/aromatic N) is 6. The lowest BCUT2D eigenvalue weighted by atomic mass is 10.3. The molecule has 0 aliphatic carbocycles. The van der Waals surface area contributed by atoms with Crippen LogP contribution in [0.4, 0.5) is 0 Å². The Labute approximate surface area is 96.7 Å². The third kappa shape index (κ3) is 1.45. The van der Waals surface area contributed by atoms with Crippen molar-refractivity contribution in [3.8, 4) is 17.5 Å². The van der Waals surface area contributed by atoms with E-state index in [0.29, 0.717) is 11.2 Å². The molecule has 6 nitrogen and oxygen atoms in total. The number of pyridine rings is 1. The van der Waals surface area contributed by atoms with Crippen molar-refractivity contribution < 1.29 is 0 Å². The minimum Gasteiger partial charge on any atom is -0.282 e. The van der Waals surface area contributed by atoms with Crippen molar-refractivity contribution in [1.82, 2.24) is 24.4 Å². The van der Waals surface area contributed by atoms with E-state index >= 15 is 0 Å². The second-order valence-electron chi connectivity index (χ2n) is 3.68. The molecular formula is C11H8N6. The Morgan fingerprint density at radius 3 is 2.94 bits per heavy atom. The Hall–Kier alpha value is -2.68. The van der Waals surface area contributed by atoms with Crippen LogP contribution in [0.5, 0.6) is 0 Å². The van der Waals surface area contributed by atoms with Gasteiger partial charge in [-0.15, -0.1) is 10.2 Å². The summed E-state index contributed by atoms with van der Waals surface area (Å²) in [6.07, 6.45) is 5.39. The lowest BCUT2D eigenvalue weighted by molar-refractivity contribution is 0.768. The summed E-state index contributed by atoms with van der Waals surface area (Å²) >= 11 is 0. The summed E-state index contributed by atoms with van der Waals surface area (Å²) in [6, 6.07) is 5.51. The van der Waals surface area contributed by atoms with E-state index < -0.39 is 0 Å². The standard InChI is InChI=1S/C11H8N6/c1-16-7-9(6-13-16)11-15-14-10-4-8(5-12)2-3-17(10)11/h2-4,6-7H,1H3. The van der Waals surface area contributed by atoms with Gasteiger partial charge in [0.15, 0.2) is 11.5 Å². The maximum absolute atomic E-state index is 8.80. The maximum Gasteiger partial charge on any atom is 0.171 e. The molecule has 0 saturated heterocycles. The Morgan fingerprint density at radius 2 is 2.24 bits per heavy atom. The van der Waals surface area contributed by atoms with Gasteiger partial charge in [-0.2, -0.15) is 10.4 Å². The van der Waals surface area contributed by atoms with Crippen LogP contribution >= 0.6 is 0 Å². The molecule has 0 radical (unpaired) electrons. The highest BCUT2D eigenvalue weighted by molar-refractivity contribution is 5.58. The SMILES string of the molecule is Cn1cc(-c2nnc3cc(C#N)ccn23)cn1. The van der Waals surface area contributed by atoms with Crippen LogP contribution in [0, 0.1) is 11.3 Å². The monoisotopic (exact) mass is 224 g/mol. The Bertz CT molecular complexity index is 730. The molecule has 3 heterocycles. The number of hydrogen-bond acceptors (Lipinski definition) is 4. The molecule has 0 aliphatic rings. The number of nitriles is 1. The summed E-state index contributed by atoms with van der Waals surface area (Å²) in [5, 5.41) is 21.0. The van der Waals surface area contributed by atoms with E-state index in [4.69, 9.17) is 5.26 Å². The molecule has 3 aromatic rings. The Kier molecular flexibility index (Phi) is 1.92. The summed E-state index contributed by atoms with van der Waals surface area (Å²) in [7, 11) is 1.85. The molecule has 0 bridgehead atoms. The normalized spacial score (nSPS) is 10.6. The van der Waals surface area contributed by atoms with Crippen molar-refractivity contribution in [1.29, 1.82) is 5.26 Å². The van der Waals surface area contributed by atoms with Gasteiger partial charge in [0.25, 0.3) is 0 Å². The fourth-order valence-corrected chi connectivity index (χ4v) is 1.69. The van der Waals surface area contributed by atoms with Gasteiger partial charge < -0.3 is 0 Å². The molecule has 3 rings (SSSR count). The van der Waals surface area contributed by atoms with Crippen LogP contribution in [0.1, 0.15) is 5.56 Å².